The van der Waals surface area contributed by atoms with E-state index >= 15 is 0 Å². The molecule has 1 rings (SSSR count). The van der Waals surface area contributed by atoms with E-state index in [4.69, 9.17) is 9.84 Å². The summed E-state index contributed by atoms with van der Waals surface area (Å²) in [5.41, 5.74) is 0.227. The van der Waals surface area contributed by atoms with Crippen LogP contribution in [-0.2, 0) is 0 Å². The molecule has 0 heterocycles. The van der Waals surface area contributed by atoms with Gasteiger partial charge in [0.1, 0.15) is 5.75 Å². The van der Waals surface area contributed by atoms with Crippen molar-refractivity contribution in [3.05, 3.63) is 29.8 Å². The van der Waals surface area contributed by atoms with Crippen LogP contribution in [0.1, 0.15) is 30.1 Å². The highest BCUT2D eigenvalue weighted by molar-refractivity contribution is 5.87. The van der Waals surface area contributed by atoms with Gasteiger partial charge >= 0.3 is 5.97 Å². The monoisotopic (exact) mass is 260 g/mol. The van der Waals surface area contributed by atoms with Gasteiger partial charge in [-0.15, -0.1) is 0 Å². The van der Waals surface area contributed by atoms with Crippen LogP contribution in [0.25, 0.3) is 0 Å². The Balaban J connectivity index is 0.00000137. The van der Waals surface area contributed by atoms with Crippen molar-refractivity contribution in [2.75, 3.05) is 13.8 Å². The second-order valence-corrected chi connectivity index (χ2v) is 3.60. The summed E-state index contributed by atoms with van der Waals surface area (Å²) in [5, 5.41) is 8.67. The number of carboxylic acid groups (broad SMARTS) is 1. The number of carbonyl (C=O) groups is 1. The summed E-state index contributed by atoms with van der Waals surface area (Å²) >= 11 is 0. The van der Waals surface area contributed by atoms with Crippen molar-refractivity contribution in [1.82, 2.24) is 0 Å². The van der Waals surface area contributed by atoms with Crippen LogP contribution < -0.4 is 4.74 Å². The van der Waals surface area contributed by atoms with Crippen LogP contribution in [0.4, 0.5) is 8.78 Å². The molecule has 0 aliphatic carbocycles. The predicted molar refractivity (Wildman–Crippen MR) is 65.7 cm³/mol. The third-order valence-corrected chi connectivity index (χ3v) is 2.12. The molecular weight excluding hydrogens is 242 g/mol. The third-order valence-electron chi connectivity index (χ3n) is 2.12. The molecule has 1 aromatic carbocycles. The van der Waals surface area contributed by atoms with Gasteiger partial charge in [0.05, 0.1) is 25.5 Å². The second-order valence-electron chi connectivity index (χ2n) is 3.60. The first-order chi connectivity index (χ1) is 8.59. The van der Waals surface area contributed by atoms with Gasteiger partial charge in [0.25, 0.3) is 0 Å². The fraction of sp³-hybridized carbons (Fsp3) is 0.462. The lowest BCUT2D eigenvalue weighted by Crippen LogP contribution is -2.02. The predicted octanol–water partition coefficient (Wildman–Crippen LogP) is 3.49. The average Bonchev–Trinajstić information content (AvgIpc) is 2.37. The number of rotatable bonds is 6. The molecule has 3 nitrogen and oxygen atoms in total. The van der Waals surface area contributed by atoms with E-state index in [2.05, 4.69) is 0 Å². The minimum atomic E-state index is -0.960. The van der Waals surface area contributed by atoms with Crippen LogP contribution in [0.15, 0.2) is 24.3 Å². The topological polar surface area (TPSA) is 46.5 Å². The van der Waals surface area contributed by atoms with Crippen LogP contribution >= 0.6 is 0 Å². The van der Waals surface area contributed by atoms with Gasteiger partial charge in [-0.1, -0.05) is 0 Å². The fourth-order valence-corrected chi connectivity index (χ4v) is 1.25. The molecule has 0 bridgehead atoms. The Hall–Kier alpha value is -1.65. The van der Waals surface area contributed by atoms with E-state index in [1.165, 1.54) is 19.1 Å². The summed E-state index contributed by atoms with van der Waals surface area (Å²) in [7, 11) is 0.500. The number of hydrogen-bond acceptors (Lipinski definition) is 2. The van der Waals surface area contributed by atoms with Crippen LogP contribution in [-0.4, -0.2) is 31.0 Å². The summed E-state index contributed by atoms with van der Waals surface area (Å²) in [5.74, 6) is -0.352. The summed E-state index contributed by atoms with van der Waals surface area (Å²) in [6.45, 7) is 1.96. The lowest BCUT2D eigenvalue weighted by atomic mass is 10.2. The van der Waals surface area contributed by atoms with Gasteiger partial charge in [-0.05, 0) is 44.0 Å². The zero-order chi connectivity index (χ0) is 14.0. The second kappa shape index (κ2) is 9.39. The van der Waals surface area contributed by atoms with Gasteiger partial charge in [-0.25, -0.2) is 9.18 Å². The average molecular weight is 260 g/mol. The Morgan fingerprint density at radius 3 is 2.33 bits per heavy atom. The van der Waals surface area contributed by atoms with E-state index in [1.54, 1.807) is 12.1 Å². The normalized spacial score (nSPS) is 11.1. The largest absolute Gasteiger partial charge is 0.494 e. The number of halogens is 2. The number of ether oxygens (including phenoxy) is 1. The molecule has 1 atom stereocenters. The maximum absolute atomic E-state index is 12.4. The smallest absolute Gasteiger partial charge is 0.335 e. The number of aromatic carboxylic acids is 1. The summed E-state index contributed by atoms with van der Waals surface area (Å²) in [6, 6.07) is 6.16. The van der Waals surface area contributed by atoms with E-state index in [0.717, 1.165) is 0 Å². The first-order valence-electron chi connectivity index (χ1n) is 5.57. The standard InChI is InChI=1S/C12H15FO3.CH3F/c1-9(13)3-2-8-16-11-6-4-10(5-7-11)12(14)15;1-2/h4-7,9H,2-3,8H2,1H3,(H,14,15);1H3. The summed E-state index contributed by atoms with van der Waals surface area (Å²) in [6.07, 6.45) is 0.323. The molecule has 18 heavy (non-hydrogen) atoms. The maximum Gasteiger partial charge on any atom is 0.335 e. The lowest BCUT2D eigenvalue weighted by Gasteiger charge is -2.06. The highest BCUT2D eigenvalue weighted by atomic mass is 19.1. The summed E-state index contributed by atoms with van der Waals surface area (Å²) < 4.78 is 27.3. The van der Waals surface area contributed by atoms with E-state index in [9.17, 15) is 13.6 Å². The van der Waals surface area contributed by atoms with Crippen molar-refractivity contribution in [3.8, 4) is 5.75 Å². The van der Waals surface area contributed by atoms with Crippen LogP contribution in [0.3, 0.4) is 0 Å². The van der Waals surface area contributed by atoms with Crippen molar-refractivity contribution in [1.29, 1.82) is 0 Å². The zero-order valence-electron chi connectivity index (χ0n) is 10.5. The SMILES string of the molecule is CC(F)CCCOc1ccc(C(=O)O)cc1.CF. The Bertz CT molecular complexity index is 337. The lowest BCUT2D eigenvalue weighted by molar-refractivity contribution is 0.0697. The molecule has 0 radical (unpaired) electrons. The Morgan fingerprint density at radius 2 is 1.89 bits per heavy atom. The van der Waals surface area contributed by atoms with Crippen molar-refractivity contribution < 1.29 is 23.4 Å². The van der Waals surface area contributed by atoms with Gasteiger partial charge in [0.15, 0.2) is 0 Å². The van der Waals surface area contributed by atoms with Gasteiger partial charge in [0, 0.05) is 0 Å². The highest BCUT2D eigenvalue weighted by Gasteiger charge is 2.02. The number of benzene rings is 1. The quantitative estimate of drug-likeness (QED) is 0.796. The molecule has 0 aromatic heterocycles. The van der Waals surface area contributed by atoms with E-state index in [-0.39, 0.29) is 5.56 Å². The Labute approximate surface area is 105 Å². The molecule has 1 N–H and O–H groups in total. The zero-order valence-corrected chi connectivity index (χ0v) is 10.5. The van der Waals surface area contributed by atoms with Crippen LogP contribution in [0.2, 0.25) is 0 Å². The van der Waals surface area contributed by atoms with Crippen molar-refractivity contribution >= 4 is 5.97 Å². The third kappa shape index (κ3) is 6.83. The molecule has 0 saturated carbocycles. The molecule has 1 unspecified atom stereocenters. The minimum absolute atomic E-state index is 0.227. The molecule has 0 amide bonds. The molecule has 0 saturated heterocycles. The van der Waals surface area contributed by atoms with Crippen molar-refractivity contribution in [2.45, 2.75) is 25.9 Å². The van der Waals surface area contributed by atoms with Gasteiger partial charge in [-0.2, -0.15) is 0 Å². The van der Waals surface area contributed by atoms with Crippen molar-refractivity contribution in [3.63, 3.8) is 0 Å². The Morgan fingerprint density at radius 1 is 1.33 bits per heavy atom. The van der Waals surface area contributed by atoms with E-state index < -0.39 is 12.1 Å². The molecule has 0 aliphatic heterocycles. The Kier molecular flexibility index (Phi) is 8.53. The summed E-state index contributed by atoms with van der Waals surface area (Å²) in [4.78, 5) is 10.6. The minimum Gasteiger partial charge on any atom is -0.494 e. The van der Waals surface area contributed by atoms with E-state index in [1.807, 2.05) is 0 Å². The molecule has 0 fully saturated rings. The molecule has 1 aromatic rings. The first kappa shape index (κ1) is 16.4. The molecule has 0 aliphatic rings. The van der Waals surface area contributed by atoms with Crippen molar-refractivity contribution in [2.24, 2.45) is 0 Å². The first-order valence-corrected chi connectivity index (χ1v) is 5.57. The van der Waals surface area contributed by atoms with Crippen LogP contribution in [0, 0.1) is 0 Å². The van der Waals surface area contributed by atoms with Crippen LogP contribution in [0.5, 0.6) is 5.75 Å². The highest BCUT2D eigenvalue weighted by Crippen LogP contribution is 2.13. The van der Waals surface area contributed by atoms with Gasteiger partial charge in [-0.3, -0.25) is 4.39 Å². The van der Waals surface area contributed by atoms with Gasteiger partial charge < -0.3 is 9.84 Å². The molecule has 5 heteroatoms. The van der Waals surface area contributed by atoms with Gasteiger partial charge in [0.2, 0.25) is 0 Å². The number of hydrogen-bond donors (Lipinski definition) is 1. The number of alkyl halides is 2. The molecular formula is C13H18F2O3. The maximum atomic E-state index is 12.4. The fourth-order valence-electron chi connectivity index (χ4n) is 1.25. The molecule has 102 valence electrons. The molecule has 0 spiro atoms. The number of carboxylic acids is 1. The van der Waals surface area contributed by atoms with E-state index in [0.29, 0.717) is 32.4 Å².